The molecule has 0 radical (unpaired) electrons. The summed E-state index contributed by atoms with van der Waals surface area (Å²) in [6, 6.07) is 8.29. The zero-order valence-electron chi connectivity index (χ0n) is 35.1. The van der Waals surface area contributed by atoms with Gasteiger partial charge in [-0.05, 0) is 87.9 Å². The molecule has 2 aliphatic heterocycles. The standard InChI is InChI=1S/C40H55N3O15S4/c1-39(19-11-26-60(48,49)50)32-28-30(61(51,52)53)15-17-34(32)42(22-10-6-9-14-38(44)45)36(39)12-7-5-8-13-37-40(2,20-27-59(46,47)41-21-24-57-3)33-29-31(62(54,55)56)16-18-35(33)43(37)23-25-58-4/h5,7-8,12-13,15-18,28-29,41H,6,9-11,14,19-27H2,1-4H3,(H3-,44,45,48,49,50,51,52,53,54,55,56)/p+1. The van der Waals surface area contributed by atoms with E-state index in [-0.39, 0.29) is 61.0 Å². The number of hydrogen-bond donors (Lipinski definition) is 5. The first-order valence-corrected chi connectivity index (χ1v) is 25.9. The van der Waals surface area contributed by atoms with Crippen LogP contribution in [0.15, 0.2) is 82.3 Å². The van der Waals surface area contributed by atoms with Crippen LogP contribution in [-0.4, -0.2) is 127 Å². The van der Waals surface area contributed by atoms with Crippen LogP contribution in [0.4, 0.5) is 11.4 Å². The maximum absolute atomic E-state index is 13.1. The van der Waals surface area contributed by atoms with Gasteiger partial charge < -0.3 is 19.5 Å². The third-order valence-electron chi connectivity index (χ3n) is 11.1. The molecule has 0 saturated heterocycles. The molecule has 4 rings (SSSR count). The van der Waals surface area contributed by atoms with E-state index in [1.807, 2.05) is 9.48 Å². The largest absolute Gasteiger partial charge is 0.481 e. The Morgan fingerprint density at radius 2 is 1.42 bits per heavy atom. The lowest BCUT2D eigenvalue weighted by atomic mass is 9.76. The van der Waals surface area contributed by atoms with Crippen molar-refractivity contribution in [2.45, 2.75) is 79.4 Å². The van der Waals surface area contributed by atoms with Gasteiger partial charge in [-0.2, -0.15) is 29.8 Å². The highest BCUT2D eigenvalue weighted by Gasteiger charge is 2.48. The molecule has 0 bridgehead atoms. The molecule has 2 aliphatic rings. The van der Waals surface area contributed by atoms with Gasteiger partial charge >= 0.3 is 5.97 Å². The maximum atomic E-state index is 13.1. The summed E-state index contributed by atoms with van der Waals surface area (Å²) < 4.78 is 143. The summed E-state index contributed by atoms with van der Waals surface area (Å²) >= 11 is 0. The Hall–Kier alpha value is -3.84. The van der Waals surface area contributed by atoms with Crippen LogP contribution >= 0.6 is 0 Å². The van der Waals surface area contributed by atoms with Crippen LogP contribution in [0, 0.1) is 0 Å². The number of hydrogen-bond acceptors (Lipinski definition) is 12. The zero-order valence-corrected chi connectivity index (χ0v) is 38.3. The van der Waals surface area contributed by atoms with E-state index in [9.17, 15) is 52.1 Å². The topological polar surface area (TPSA) is 271 Å². The third kappa shape index (κ3) is 12.9. The van der Waals surface area contributed by atoms with Crippen molar-refractivity contribution in [3.8, 4) is 0 Å². The summed E-state index contributed by atoms with van der Waals surface area (Å²) in [5.41, 5.74) is 1.22. The highest BCUT2D eigenvalue weighted by Crippen LogP contribution is 2.51. The number of nitrogens with zero attached hydrogens (tertiary/aromatic N) is 2. The van der Waals surface area contributed by atoms with Gasteiger partial charge in [-0.1, -0.05) is 18.2 Å². The van der Waals surface area contributed by atoms with Gasteiger partial charge in [0.2, 0.25) is 15.7 Å². The molecule has 0 aromatic heterocycles. The molecule has 0 fully saturated rings. The molecule has 344 valence electrons. The van der Waals surface area contributed by atoms with E-state index in [2.05, 4.69) is 4.72 Å². The van der Waals surface area contributed by atoms with E-state index in [1.54, 1.807) is 56.4 Å². The quantitative estimate of drug-likeness (QED) is 0.0403. The number of anilines is 1. The van der Waals surface area contributed by atoms with Crippen LogP contribution in [-0.2, 0) is 65.5 Å². The number of allylic oxidation sites excluding steroid dienone is 6. The smallest absolute Gasteiger partial charge is 0.303 e. The minimum Gasteiger partial charge on any atom is -0.481 e. The van der Waals surface area contributed by atoms with Gasteiger partial charge in [0, 0.05) is 74.7 Å². The van der Waals surface area contributed by atoms with E-state index < -0.39 is 62.9 Å². The number of fused-ring (bicyclic) bond motifs is 2. The Bertz CT molecular complexity index is 2550. The number of carbonyl (C=O) groups is 1. The number of benzene rings is 2. The van der Waals surface area contributed by atoms with Crippen molar-refractivity contribution in [1.82, 2.24) is 4.72 Å². The van der Waals surface area contributed by atoms with Crippen molar-refractivity contribution in [3.05, 3.63) is 83.6 Å². The number of nitrogens with one attached hydrogen (secondary N) is 1. The Morgan fingerprint density at radius 1 is 0.774 bits per heavy atom. The normalized spacial score (nSPS) is 20.2. The lowest BCUT2D eigenvalue weighted by Crippen LogP contribution is -2.35. The van der Waals surface area contributed by atoms with E-state index in [1.165, 1.54) is 38.5 Å². The lowest BCUT2D eigenvalue weighted by molar-refractivity contribution is -0.438. The van der Waals surface area contributed by atoms with Crippen LogP contribution in [0.25, 0.3) is 0 Å². The zero-order chi connectivity index (χ0) is 46.1. The lowest BCUT2D eigenvalue weighted by Gasteiger charge is -2.30. The van der Waals surface area contributed by atoms with E-state index in [0.29, 0.717) is 66.3 Å². The SMILES string of the molecule is COCCNS(=O)(=O)CCC1(C)C(=CC=CC=CC2=[N+](CCCCCC(=O)O)c3ccc(S(=O)(=O)O)cc3C2(C)CCCS(=O)(=O)O)N(CCOC)c2ccc(S(=O)(=O)O)cc21. The summed E-state index contributed by atoms with van der Waals surface area (Å²) in [5.74, 6) is -1.83. The highest BCUT2D eigenvalue weighted by atomic mass is 32.2. The Morgan fingerprint density at radius 3 is 2.03 bits per heavy atom. The second-order valence-electron chi connectivity index (χ2n) is 15.5. The molecule has 0 spiro atoms. The first-order chi connectivity index (χ1) is 28.9. The second-order valence-corrected chi connectivity index (χ2v) is 21.8. The summed E-state index contributed by atoms with van der Waals surface area (Å²) in [6.07, 6.45) is 10.3. The summed E-state index contributed by atoms with van der Waals surface area (Å²) in [6.45, 7) is 4.69. The summed E-state index contributed by atoms with van der Waals surface area (Å²) in [5, 5.41) is 9.13. The minimum atomic E-state index is -4.64. The molecule has 2 heterocycles. The maximum Gasteiger partial charge on any atom is 0.303 e. The molecule has 2 aromatic carbocycles. The summed E-state index contributed by atoms with van der Waals surface area (Å²) in [7, 11) is -14.5. The van der Waals surface area contributed by atoms with Crippen LogP contribution in [0.1, 0.15) is 69.9 Å². The predicted octanol–water partition coefficient (Wildman–Crippen LogP) is 4.23. The number of aliphatic carboxylic acids is 1. The van der Waals surface area contributed by atoms with Crippen molar-refractivity contribution in [1.29, 1.82) is 0 Å². The fraction of sp³-hybridized carbons (Fsp3) is 0.500. The number of methoxy groups -OCH3 is 2. The number of carboxylic acid groups (broad SMARTS) is 1. The van der Waals surface area contributed by atoms with Crippen molar-refractivity contribution < 1.29 is 71.3 Å². The third-order valence-corrected chi connectivity index (χ3v) is 15.0. The van der Waals surface area contributed by atoms with Gasteiger partial charge in [0.25, 0.3) is 30.4 Å². The van der Waals surface area contributed by atoms with Crippen LogP contribution in [0.2, 0.25) is 0 Å². The van der Waals surface area contributed by atoms with Gasteiger partial charge in [-0.15, -0.1) is 0 Å². The molecule has 2 unspecified atom stereocenters. The van der Waals surface area contributed by atoms with Crippen LogP contribution in [0.5, 0.6) is 0 Å². The van der Waals surface area contributed by atoms with Crippen molar-refractivity contribution in [2.24, 2.45) is 0 Å². The summed E-state index contributed by atoms with van der Waals surface area (Å²) in [4.78, 5) is 12.3. The van der Waals surface area contributed by atoms with Crippen molar-refractivity contribution in [2.75, 3.05) is 63.5 Å². The molecule has 18 nitrogen and oxygen atoms in total. The van der Waals surface area contributed by atoms with Crippen LogP contribution < -0.4 is 9.62 Å². The number of ether oxygens (including phenoxy) is 2. The predicted molar refractivity (Wildman–Crippen MR) is 233 cm³/mol. The Balaban J connectivity index is 1.83. The van der Waals surface area contributed by atoms with Crippen molar-refractivity contribution in [3.63, 3.8) is 0 Å². The molecule has 2 aromatic rings. The molecular formula is C40H56N3O15S4+. The monoisotopic (exact) mass is 946 g/mol. The molecule has 2 atom stereocenters. The average Bonchev–Trinajstić information content (AvgIpc) is 3.54. The first-order valence-electron chi connectivity index (χ1n) is 19.7. The number of unbranched alkanes of at least 4 members (excludes halogenated alkanes) is 2. The van der Waals surface area contributed by atoms with Gasteiger partial charge in [-0.3, -0.25) is 18.5 Å². The minimum absolute atomic E-state index is 0.00130. The Kier molecular flexibility index (Phi) is 17.0. The number of rotatable bonds is 25. The van der Waals surface area contributed by atoms with Gasteiger partial charge in [0.1, 0.15) is 6.54 Å². The van der Waals surface area contributed by atoms with E-state index >= 15 is 0 Å². The van der Waals surface area contributed by atoms with Crippen molar-refractivity contribution >= 4 is 63.4 Å². The number of sulfonamides is 1. The molecule has 5 N–H and O–H groups in total. The fourth-order valence-corrected chi connectivity index (χ4v) is 10.7. The number of carboxylic acids is 1. The van der Waals surface area contributed by atoms with Gasteiger partial charge in [0.05, 0.1) is 39.9 Å². The second kappa shape index (κ2) is 20.8. The molecule has 0 aliphatic carbocycles. The van der Waals surface area contributed by atoms with E-state index in [4.69, 9.17) is 14.6 Å². The van der Waals surface area contributed by atoms with Crippen LogP contribution in [0.3, 0.4) is 0 Å². The van der Waals surface area contributed by atoms with Gasteiger partial charge in [-0.25, -0.2) is 13.1 Å². The molecule has 62 heavy (non-hydrogen) atoms. The van der Waals surface area contributed by atoms with Gasteiger partial charge in [0.15, 0.2) is 5.71 Å². The molecular weight excluding hydrogens is 891 g/mol. The highest BCUT2D eigenvalue weighted by molar-refractivity contribution is 7.89. The van der Waals surface area contributed by atoms with E-state index in [0.717, 1.165) is 0 Å². The Labute approximate surface area is 364 Å². The molecule has 22 heteroatoms. The fourth-order valence-electron chi connectivity index (χ4n) is 7.97. The average molecular weight is 947 g/mol. The molecule has 0 amide bonds. The molecule has 0 saturated carbocycles. The first kappa shape index (κ1) is 50.8.